The van der Waals surface area contributed by atoms with E-state index in [-0.39, 0.29) is 5.82 Å². The van der Waals surface area contributed by atoms with E-state index in [1.54, 1.807) is 19.1 Å². The normalized spacial score (nSPS) is 20.0. The number of hydrogen-bond acceptors (Lipinski definition) is 2. The molecule has 4 heteroatoms. The molecule has 1 heterocycles. The monoisotopic (exact) mass is 229 g/mol. The number of likely N-dealkylation sites (tertiary alicyclic amines) is 1. The summed E-state index contributed by atoms with van der Waals surface area (Å²) < 4.78 is 13.4. The predicted molar refractivity (Wildman–Crippen MR) is 57.3 cm³/mol. The van der Waals surface area contributed by atoms with Crippen molar-refractivity contribution in [1.29, 1.82) is 0 Å². The average Bonchev–Trinajstić information content (AvgIpc) is 2.06. The molecule has 1 aromatic rings. The van der Waals surface area contributed by atoms with Crippen LogP contribution < -0.4 is 0 Å². The van der Waals surface area contributed by atoms with Crippen molar-refractivity contribution >= 4 is 11.6 Å². The highest BCUT2D eigenvalue weighted by Gasteiger charge is 2.36. The quantitative estimate of drug-likeness (QED) is 0.839. The molecule has 1 aromatic carbocycles. The number of hydrogen-bond donors (Lipinski definition) is 1. The minimum Gasteiger partial charge on any atom is -0.388 e. The molecule has 0 spiro atoms. The Morgan fingerprint density at radius 2 is 2.20 bits per heavy atom. The third kappa shape index (κ3) is 2.48. The lowest BCUT2D eigenvalue weighted by Gasteiger charge is -2.44. The third-order valence-corrected chi connectivity index (χ3v) is 2.77. The van der Waals surface area contributed by atoms with Crippen LogP contribution in [0.15, 0.2) is 18.2 Å². The lowest BCUT2D eigenvalue weighted by Crippen LogP contribution is -2.59. The lowest BCUT2D eigenvalue weighted by atomic mass is 9.96. The van der Waals surface area contributed by atoms with Gasteiger partial charge in [0, 0.05) is 30.2 Å². The Labute approximate surface area is 93.3 Å². The Bertz CT molecular complexity index is 373. The Kier molecular flexibility index (Phi) is 2.71. The number of nitrogens with zero attached hydrogens (tertiary/aromatic N) is 1. The van der Waals surface area contributed by atoms with E-state index in [0.29, 0.717) is 30.2 Å². The molecule has 82 valence electrons. The molecule has 0 radical (unpaired) electrons. The van der Waals surface area contributed by atoms with Crippen molar-refractivity contribution in [2.75, 3.05) is 13.1 Å². The molecule has 0 aromatic heterocycles. The maximum absolute atomic E-state index is 13.4. The van der Waals surface area contributed by atoms with Gasteiger partial charge in [0.2, 0.25) is 0 Å². The van der Waals surface area contributed by atoms with Gasteiger partial charge in [-0.05, 0) is 19.1 Å². The van der Waals surface area contributed by atoms with E-state index in [1.165, 1.54) is 6.07 Å². The zero-order valence-corrected chi connectivity index (χ0v) is 9.26. The minimum absolute atomic E-state index is 0.283. The van der Waals surface area contributed by atoms with Gasteiger partial charge in [-0.2, -0.15) is 0 Å². The highest BCUT2D eigenvalue weighted by Crippen LogP contribution is 2.23. The lowest BCUT2D eigenvalue weighted by molar-refractivity contribution is -0.0874. The van der Waals surface area contributed by atoms with Crippen molar-refractivity contribution in [2.45, 2.75) is 19.1 Å². The van der Waals surface area contributed by atoms with Gasteiger partial charge in [-0.25, -0.2) is 4.39 Å². The number of rotatable bonds is 2. The second kappa shape index (κ2) is 3.74. The van der Waals surface area contributed by atoms with Crippen molar-refractivity contribution in [2.24, 2.45) is 0 Å². The third-order valence-electron chi connectivity index (χ3n) is 2.54. The summed E-state index contributed by atoms with van der Waals surface area (Å²) in [4.78, 5) is 1.99. The Morgan fingerprint density at radius 3 is 2.73 bits per heavy atom. The van der Waals surface area contributed by atoms with E-state index in [0.717, 1.165) is 0 Å². The molecule has 1 aliphatic heterocycles. The van der Waals surface area contributed by atoms with Gasteiger partial charge in [0.05, 0.1) is 5.60 Å². The first-order valence-corrected chi connectivity index (χ1v) is 5.23. The predicted octanol–water partition coefficient (Wildman–Crippen LogP) is 2.05. The summed E-state index contributed by atoms with van der Waals surface area (Å²) >= 11 is 5.65. The van der Waals surface area contributed by atoms with Crippen LogP contribution in [0, 0.1) is 5.82 Å². The average molecular weight is 230 g/mol. The van der Waals surface area contributed by atoms with E-state index >= 15 is 0 Å². The first-order chi connectivity index (χ1) is 6.96. The fraction of sp³-hybridized carbons (Fsp3) is 0.455. The zero-order chi connectivity index (χ0) is 11.1. The summed E-state index contributed by atoms with van der Waals surface area (Å²) in [5.41, 5.74) is 0.0120. The SMILES string of the molecule is CC1(O)CN(Cc2ccc(Cl)cc2F)C1. The number of β-amino-alcohol motifs (C(OH)–C–C–N with tert-alkyl or cyclic N) is 1. The van der Waals surface area contributed by atoms with Crippen LogP contribution in [0.1, 0.15) is 12.5 Å². The molecule has 0 amide bonds. The summed E-state index contributed by atoms with van der Waals surface area (Å²) in [6, 6.07) is 4.68. The van der Waals surface area contributed by atoms with Gasteiger partial charge in [0.1, 0.15) is 5.82 Å². The first kappa shape index (κ1) is 10.9. The van der Waals surface area contributed by atoms with Gasteiger partial charge in [-0.1, -0.05) is 17.7 Å². The van der Waals surface area contributed by atoms with Crippen molar-refractivity contribution in [3.05, 3.63) is 34.6 Å². The molecular weight excluding hydrogens is 217 g/mol. The van der Waals surface area contributed by atoms with Crippen molar-refractivity contribution in [3.8, 4) is 0 Å². The van der Waals surface area contributed by atoms with Gasteiger partial charge >= 0.3 is 0 Å². The van der Waals surface area contributed by atoms with Crippen LogP contribution in [-0.4, -0.2) is 28.7 Å². The fourth-order valence-electron chi connectivity index (χ4n) is 1.92. The standard InChI is InChI=1S/C11H13ClFNO/c1-11(15)6-14(7-11)5-8-2-3-9(12)4-10(8)13/h2-4,15H,5-7H2,1H3. The molecular formula is C11H13ClFNO. The molecule has 15 heavy (non-hydrogen) atoms. The molecule has 0 aliphatic carbocycles. The topological polar surface area (TPSA) is 23.5 Å². The summed E-state index contributed by atoms with van der Waals surface area (Å²) in [5.74, 6) is -0.283. The molecule has 0 unspecified atom stereocenters. The molecule has 2 nitrogen and oxygen atoms in total. The van der Waals surface area contributed by atoms with Crippen molar-refractivity contribution < 1.29 is 9.50 Å². The highest BCUT2D eigenvalue weighted by atomic mass is 35.5. The number of benzene rings is 1. The Balaban J connectivity index is 2.00. The molecule has 1 fully saturated rings. The van der Waals surface area contributed by atoms with Crippen LogP contribution in [0.25, 0.3) is 0 Å². The van der Waals surface area contributed by atoms with E-state index in [2.05, 4.69) is 0 Å². The summed E-state index contributed by atoms with van der Waals surface area (Å²) in [7, 11) is 0. The van der Waals surface area contributed by atoms with Crippen LogP contribution in [0.5, 0.6) is 0 Å². The highest BCUT2D eigenvalue weighted by molar-refractivity contribution is 6.30. The van der Waals surface area contributed by atoms with E-state index in [1.807, 2.05) is 4.90 Å². The van der Waals surface area contributed by atoms with Gasteiger partial charge < -0.3 is 5.11 Å². The number of halogens is 2. The van der Waals surface area contributed by atoms with E-state index < -0.39 is 5.60 Å². The van der Waals surface area contributed by atoms with Gasteiger partial charge in [0.25, 0.3) is 0 Å². The van der Waals surface area contributed by atoms with Gasteiger partial charge in [-0.3, -0.25) is 4.90 Å². The van der Waals surface area contributed by atoms with Crippen molar-refractivity contribution in [1.82, 2.24) is 4.90 Å². The molecule has 0 saturated carbocycles. The molecule has 0 atom stereocenters. The van der Waals surface area contributed by atoms with Crippen LogP contribution in [0.3, 0.4) is 0 Å². The van der Waals surface area contributed by atoms with E-state index in [9.17, 15) is 9.50 Å². The molecule has 1 aliphatic rings. The largest absolute Gasteiger partial charge is 0.388 e. The smallest absolute Gasteiger partial charge is 0.129 e. The minimum atomic E-state index is -0.608. The molecule has 1 N–H and O–H groups in total. The Hall–Kier alpha value is -0.640. The molecule has 2 rings (SSSR count). The maximum Gasteiger partial charge on any atom is 0.129 e. The maximum atomic E-state index is 13.4. The molecule has 1 saturated heterocycles. The Morgan fingerprint density at radius 1 is 1.53 bits per heavy atom. The van der Waals surface area contributed by atoms with Crippen LogP contribution >= 0.6 is 11.6 Å². The second-order valence-corrected chi connectivity index (χ2v) is 4.81. The number of aliphatic hydroxyl groups is 1. The first-order valence-electron chi connectivity index (χ1n) is 4.85. The van der Waals surface area contributed by atoms with Crippen LogP contribution in [0.2, 0.25) is 5.02 Å². The van der Waals surface area contributed by atoms with E-state index in [4.69, 9.17) is 11.6 Å². The summed E-state index contributed by atoms with van der Waals surface area (Å²) in [6.45, 7) is 3.49. The van der Waals surface area contributed by atoms with Gasteiger partial charge in [0.15, 0.2) is 0 Å². The summed E-state index contributed by atoms with van der Waals surface area (Å²) in [5, 5.41) is 9.93. The molecule has 0 bridgehead atoms. The fourth-order valence-corrected chi connectivity index (χ4v) is 2.08. The van der Waals surface area contributed by atoms with Crippen molar-refractivity contribution in [3.63, 3.8) is 0 Å². The van der Waals surface area contributed by atoms with Crippen LogP contribution in [-0.2, 0) is 6.54 Å². The second-order valence-electron chi connectivity index (χ2n) is 4.38. The van der Waals surface area contributed by atoms with Crippen LogP contribution in [0.4, 0.5) is 4.39 Å². The zero-order valence-electron chi connectivity index (χ0n) is 8.50. The van der Waals surface area contributed by atoms with Gasteiger partial charge in [-0.15, -0.1) is 0 Å². The summed E-state index contributed by atoms with van der Waals surface area (Å²) in [6.07, 6.45) is 0.